The van der Waals surface area contributed by atoms with Crippen molar-refractivity contribution in [3.05, 3.63) is 40.1 Å². The molecule has 1 saturated carbocycles. The summed E-state index contributed by atoms with van der Waals surface area (Å²) in [5.74, 6) is 0.286. The van der Waals surface area contributed by atoms with Crippen LogP contribution in [0, 0.1) is 5.92 Å². The van der Waals surface area contributed by atoms with E-state index in [-0.39, 0.29) is 17.7 Å². The van der Waals surface area contributed by atoms with E-state index in [0.717, 1.165) is 41.5 Å². The predicted octanol–water partition coefficient (Wildman–Crippen LogP) is 2.63. The van der Waals surface area contributed by atoms with Gasteiger partial charge >= 0.3 is 0 Å². The van der Waals surface area contributed by atoms with Gasteiger partial charge in [0.25, 0.3) is 5.91 Å². The number of carbonyl (C=O) groups excluding carboxylic acids is 2. The normalized spacial score (nSPS) is 17.9. The summed E-state index contributed by atoms with van der Waals surface area (Å²) in [6, 6.07) is 7.85. The van der Waals surface area contributed by atoms with Gasteiger partial charge in [0, 0.05) is 29.9 Å². The molecular formula is C19H22BrN5O2. The lowest BCUT2D eigenvalue weighted by Gasteiger charge is -2.31. The van der Waals surface area contributed by atoms with E-state index in [1.54, 1.807) is 4.68 Å². The summed E-state index contributed by atoms with van der Waals surface area (Å²) in [6.07, 6.45) is 4.12. The molecule has 0 spiro atoms. The molecule has 2 N–H and O–H groups in total. The molecule has 8 heteroatoms. The third-order valence-corrected chi connectivity index (χ3v) is 5.86. The molecule has 27 heavy (non-hydrogen) atoms. The third kappa shape index (κ3) is 3.90. The number of rotatable bonds is 5. The molecule has 142 valence electrons. The Morgan fingerprint density at radius 2 is 1.78 bits per heavy atom. The molecule has 1 aliphatic heterocycles. The minimum Gasteiger partial charge on any atom is -0.370 e. The summed E-state index contributed by atoms with van der Waals surface area (Å²) in [5.41, 5.74) is 7.59. The molecule has 4 rings (SSSR count). The monoisotopic (exact) mass is 431 g/mol. The van der Waals surface area contributed by atoms with E-state index in [0.29, 0.717) is 31.1 Å². The van der Waals surface area contributed by atoms with Gasteiger partial charge in [0.2, 0.25) is 5.91 Å². The standard InChI is InChI=1S/C19H22BrN5O2/c20-14-3-5-15(6-4-14)25-18(13-1-2-13)17(22-23-25)19(27)24-9-7-12(8-10-24)11-16(21)26/h3-6,12-13H,1-2,7-11H2,(H2,21,26). The van der Waals surface area contributed by atoms with E-state index < -0.39 is 0 Å². The molecule has 0 unspecified atom stereocenters. The first-order valence-electron chi connectivity index (χ1n) is 9.32. The Kier molecular flexibility index (Phi) is 4.99. The number of hydrogen-bond acceptors (Lipinski definition) is 4. The highest BCUT2D eigenvalue weighted by Crippen LogP contribution is 2.42. The van der Waals surface area contributed by atoms with Gasteiger partial charge in [-0.2, -0.15) is 0 Å². The van der Waals surface area contributed by atoms with Crippen LogP contribution in [0.4, 0.5) is 0 Å². The minimum absolute atomic E-state index is 0.0576. The molecule has 2 heterocycles. The molecule has 7 nitrogen and oxygen atoms in total. The van der Waals surface area contributed by atoms with Crippen molar-refractivity contribution in [2.45, 2.75) is 38.0 Å². The lowest BCUT2D eigenvalue weighted by molar-refractivity contribution is -0.119. The highest BCUT2D eigenvalue weighted by atomic mass is 79.9. The van der Waals surface area contributed by atoms with Gasteiger partial charge in [-0.15, -0.1) is 5.10 Å². The summed E-state index contributed by atoms with van der Waals surface area (Å²) in [7, 11) is 0. The second kappa shape index (κ2) is 7.42. The number of piperidine rings is 1. The molecule has 2 aliphatic rings. The largest absolute Gasteiger partial charge is 0.370 e. The molecular weight excluding hydrogens is 410 g/mol. The van der Waals surface area contributed by atoms with Crippen LogP contribution in [-0.4, -0.2) is 44.8 Å². The maximum Gasteiger partial charge on any atom is 0.276 e. The van der Waals surface area contributed by atoms with Gasteiger partial charge in [-0.25, -0.2) is 4.68 Å². The van der Waals surface area contributed by atoms with Crippen LogP contribution in [-0.2, 0) is 4.79 Å². The molecule has 1 aliphatic carbocycles. The lowest BCUT2D eigenvalue weighted by atomic mass is 9.93. The first-order valence-corrected chi connectivity index (χ1v) is 10.1. The van der Waals surface area contributed by atoms with Gasteiger partial charge in [0.1, 0.15) is 0 Å². The first-order chi connectivity index (χ1) is 13.0. The van der Waals surface area contributed by atoms with Crippen LogP contribution in [0.25, 0.3) is 5.69 Å². The molecule has 0 atom stereocenters. The molecule has 2 amide bonds. The zero-order valence-corrected chi connectivity index (χ0v) is 16.6. The fourth-order valence-electron chi connectivity index (χ4n) is 3.71. The van der Waals surface area contributed by atoms with E-state index >= 15 is 0 Å². The van der Waals surface area contributed by atoms with Crippen molar-refractivity contribution < 1.29 is 9.59 Å². The predicted molar refractivity (Wildman–Crippen MR) is 103 cm³/mol. The van der Waals surface area contributed by atoms with Gasteiger partial charge in [-0.3, -0.25) is 9.59 Å². The van der Waals surface area contributed by atoms with Crippen LogP contribution in [0.2, 0.25) is 0 Å². The number of benzene rings is 1. The Morgan fingerprint density at radius 1 is 1.11 bits per heavy atom. The fraction of sp³-hybridized carbons (Fsp3) is 0.474. The van der Waals surface area contributed by atoms with Gasteiger partial charge in [-0.1, -0.05) is 21.1 Å². The van der Waals surface area contributed by atoms with Crippen LogP contribution in [0.1, 0.15) is 54.2 Å². The SMILES string of the molecule is NC(=O)CC1CCN(C(=O)c2nnn(-c3ccc(Br)cc3)c2C2CC2)CC1. The number of aromatic nitrogens is 3. The van der Waals surface area contributed by atoms with Crippen molar-refractivity contribution in [2.75, 3.05) is 13.1 Å². The van der Waals surface area contributed by atoms with Crippen molar-refractivity contribution in [2.24, 2.45) is 11.7 Å². The van der Waals surface area contributed by atoms with E-state index in [9.17, 15) is 9.59 Å². The maximum absolute atomic E-state index is 13.1. The van der Waals surface area contributed by atoms with Crippen LogP contribution in [0.5, 0.6) is 0 Å². The Hall–Kier alpha value is -2.22. The molecule has 0 radical (unpaired) electrons. The van der Waals surface area contributed by atoms with Crippen LogP contribution < -0.4 is 5.73 Å². The fourth-order valence-corrected chi connectivity index (χ4v) is 3.98. The third-order valence-electron chi connectivity index (χ3n) is 5.33. The lowest BCUT2D eigenvalue weighted by Crippen LogP contribution is -2.39. The summed E-state index contributed by atoms with van der Waals surface area (Å²) in [4.78, 5) is 26.0. The van der Waals surface area contributed by atoms with E-state index in [4.69, 9.17) is 5.73 Å². The Bertz CT molecular complexity index is 851. The number of nitrogens with two attached hydrogens (primary N) is 1. The summed E-state index contributed by atoms with van der Waals surface area (Å²) in [5, 5.41) is 8.54. The van der Waals surface area contributed by atoms with E-state index in [1.807, 2.05) is 29.2 Å². The Balaban J connectivity index is 1.55. The Labute approximate surface area is 166 Å². The molecule has 1 saturated heterocycles. The molecule has 0 bridgehead atoms. The second-order valence-electron chi connectivity index (χ2n) is 7.39. The maximum atomic E-state index is 13.1. The second-order valence-corrected chi connectivity index (χ2v) is 8.31. The van der Waals surface area contributed by atoms with Crippen molar-refractivity contribution in [1.82, 2.24) is 19.9 Å². The van der Waals surface area contributed by atoms with Crippen molar-refractivity contribution >= 4 is 27.7 Å². The van der Waals surface area contributed by atoms with Gasteiger partial charge in [-0.05, 0) is 55.9 Å². The van der Waals surface area contributed by atoms with Crippen LogP contribution in [0.15, 0.2) is 28.7 Å². The number of carbonyl (C=O) groups is 2. The molecule has 1 aromatic heterocycles. The molecule has 2 aromatic rings. The van der Waals surface area contributed by atoms with Gasteiger partial charge < -0.3 is 10.6 Å². The summed E-state index contributed by atoms with van der Waals surface area (Å²) < 4.78 is 2.80. The number of nitrogens with zero attached hydrogens (tertiary/aromatic N) is 4. The number of amides is 2. The zero-order valence-electron chi connectivity index (χ0n) is 15.0. The van der Waals surface area contributed by atoms with E-state index in [1.165, 1.54) is 0 Å². The average Bonchev–Trinajstić information content (AvgIpc) is 3.40. The van der Waals surface area contributed by atoms with Gasteiger partial charge in [0.15, 0.2) is 5.69 Å². The number of halogens is 1. The highest BCUT2D eigenvalue weighted by molar-refractivity contribution is 9.10. The minimum atomic E-state index is -0.270. The average molecular weight is 432 g/mol. The number of likely N-dealkylation sites (tertiary alicyclic amines) is 1. The van der Waals surface area contributed by atoms with Gasteiger partial charge in [0.05, 0.1) is 11.4 Å². The molecule has 2 fully saturated rings. The van der Waals surface area contributed by atoms with Crippen molar-refractivity contribution in [3.63, 3.8) is 0 Å². The number of hydrogen-bond donors (Lipinski definition) is 1. The van der Waals surface area contributed by atoms with Crippen molar-refractivity contribution in [1.29, 1.82) is 0 Å². The summed E-state index contributed by atoms with van der Waals surface area (Å²) >= 11 is 3.44. The molecule has 1 aromatic carbocycles. The van der Waals surface area contributed by atoms with Crippen molar-refractivity contribution in [3.8, 4) is 5.69 Å². The zero-order chi connectivity index (χ0) is 19.0. The smallest absolute Gasteiger partial charge is 0.276 e. The summed E-state index contributed by atoms with van der Waals surface area (Å²) in [6.45, 7) is 1.26. The Morgan fingerprint density at radius 3 is 2.37 bits per heavy atom. The first kappa shape index (κ1) is 18.2. The highest BCUT2D eigenvalue weighted by Gasteiger charge is 2.36. The quantitative estimate of drug-likeness (QED) is 0.786. The van der Waals surface area contributed by atoms with Crippen LogP contribution in [0.3, 0.4) is 0 Å². The number of primary amides is 1. The van der Waals surface area contributed by atoms with E-state index in [2.05, 4.69) is 26.2 Å². The van der Waals surface area contributed by atoms with Crippen LogP contribution >= 0.6 is 15.9 Å². The topological polar surface area (TPSA) is 94.1 Å².